The maximum Gasteiger partial charge on any atom is 0.261 e. The molecule has 0 radical (unpaired) electrons. The van der Waals surface area contributed by atoms with Gasteiger partial charge in [-0.25, -0.2) is 0 Å². The molecule has 0 aliphatic rings. The highest BCUT2D eigenvalue weighted by atomic mass is 16.5. The average Bonchev–Trinajstić information content (AvgIpc) is 2.27. The number of para-hydroxylation sites is 1. The zero-order valence-corrected chi connectivity index (χ0v) is 11.2. The Morgan fingerprint density at radius 2 is 1.94 bits per heavy atom. The lowest BCUT2D eigenvalue weighted by Crippen LogP contribution is -2.46. The number of nitrogens with one attached hydrogen (secondary N) is 1. The molecule has 0 aromatic heterocycles. The Bertz CT molecular complexity index is 435. The summed E-state index contributed by atoms with van der Waals surface area (Å²) in [4.78, 5) is 22.7. The monoisotopic (exact) mass is 249 g/mol. The molecule has 98 valence electrons. The number of ether oxygens (including phenoxy) is 1. The molecule has 1 atom stereocenters. The van der Waals surface area contributed by atoms with Gasteiger partial charge >= 0.3 is 0 Å². The molecule has 0 saturated carbocycles. The summed E-state index contributed by atoms with van der Waals surface area (Å²) in [6, 6.07) is 6.83. The van der Waals surface area contributed by atoms with Crippen LogP contribution in [0.4, 0.5) is 0 Å². The number of carbonyl (C=O) groups excluding carboxylic acids is 2. The molecule has 0 saturated heterocycles. The van der Waals surface area contributed by atoms with Crippen LogP contribution in [-0.2, 0) is 4.79 Å². The Morgan fingerprint density at radius 1 is 1.33 bits per heavy atom. The maximum absolute atomic E-state index is 11.8. The van der Waals surface area contributed by atoms with E-state index in [0.717, 1.165) is 0 Å². The van der Waals surface area contributed by atoms with Gasteiger partial charge in [0.05, 0.1) is 5.56 Å². The first-order valence-electron chi connectivity index (χ1n) is 5.86. The lowest BCUT2D eigenvalue weighted by atomic mass is 10.1. The average molecular weight is 249 g/mol. The minimum Gasteiger partial charge on any atom is -0.480 e. The highest BCUT2D eigenvalue weighted by Gasteiger charge is 2.21. The van der Waals surface area contributed by atoms with Crippen molar-refractivity contribution < 1.29 is 14.3 Å². The normalized spacial score (nSPS) is 12.7. The van der Waals surface area contributed by atoms with Crippen molar-refractivity contribution in [3.05, 3.63) is 29.8 Å². The molecule has 0 aliphatic heterocycles. The predicted molar refractivity (Wildman–Crippen MR) is 69.8 cm³/mol. The number of hydrogen-bond acceptors (Lipinski definition) is 3. The van der Waals surface area contributed by atoms with Gasteiger partial charge in [0.1, 0.15) is 5.75 Å². The molecule has 0 heterocycles. The van der Waals surface area contributed by atoms with E-state index in [4.69, 9.17) is 4.74 Å². The van der Waals surface area contributed by atoms with E-state index >= 15 is 0 Å². The summed E-state index contributed by atoms with van der Waals surface area (Å²) in [5, 5.41) is 2.82. The fourth-order valence-electron chi connectivity index (χ4n) is 1.40. The third-order valence-electron chi connectivity index (χ3n) is 2.22. The van der Waals surface area contributed by atoms with Gasteiger partial charge in [0, 0.05) is 5.54 Å². The van der Waals surface area contributed by atoms with Gasteiger partial charge in [-0.15, -0.1) is 0 Å². The Morgan fingerprint density at radius 3 is 2.50 bits per heavy atom. The van der Waals surface area contributed by atoms with Gasteiger partial charge in [-0.05, 0) is 39.8 Å². The minimum absolute atomic E-state index is 0.205. The molecule has 1 aromatic carbocycles. The van der Waals surface area contributed by atoms with Gasteiger partial charge in [-0.1, -0.05) is 12.1 Å². The first-order valence-corrected chi connectivity index (χ1v) is 5.86. The number of carbonyl (C=O) groups is 2. The number of benzene rings is 1. The lowest BCUT2D eigenvalue weighted by Gasteiger charge is -2.23. The van der Waals surface area contributed by atoms with E-state index in [2.05, 4.69) is 5.32 Å². The van der Waals surface area contributed by atoms with Gasteiger partial charge in [0.15, 0.2) is 12.4 Å². The highest BCUT2D eigenvalue weighted by Crippen LogP contribution is 2.17. The molecule has 0 bridgehead atoms. The van der Waals surface area contributed by atoms with E-state index in [1.807, 2.05) is 20.8 Å². The van der Waals surface area contributed by atoms with Crippen LogP contribution < -0.4 is 10.1 Å². The second-order valence-corrected chi connectivity index (χ2v) is 5.16. The molecule has 18 heavy (non-hydrogen) atoms. The maximum atomic E-state index is 11.8. The third-order valence-corrected chi connectivity index (χ3v) is 2.22. The second kappa shape index (κ2) is 5.67. The molecule has 1 rings (SSSR count). The number of aldehydes is 1. The molecule has 0 fully saturated rings. The Labute approximate surface area is 107 Å². The molecule has 1 N–H and O–H groups in total. The molecule has 1 unspecified atom stereocenters. The molecule has 0 spiro atoms. The van der Waals surface area contributed by atoms with Gasteiger partial charge in [-0.2, -0.15) is 0 Å². The fourth-order valence-corrected chi connectivity index (χ4v) is 1.40. The quantitative estimate of drug-likeness (QED) is 0.832. The van der Waals surface area contributed by atoms with Crippen molar-refractivity contribution in [1.29, 1.82) is 0 Å². The predicted octanol–water partition coefficient (Wildman–Crippen LogP) is 2.18. The van der Waals surface area contributed by atoms with Crippen LogP contribution in [0.3, 0.4) is 0 Å². The molecule has 1 aromatic rings. The molecule has 0 aliphatic carbocycles. The Hall–Kier alpha value is -1.84. The summed E-state index contributed by atoms with van der Waals surface area (Å²) in [6.45, 7) is 7.35. The zero-order chi connectivity index (χ0) is 13.8. The van der Waals surface area contributed by atoms with Crippen LogP contribution in [0.1, 0.15) is 38.1 Å². The lowest BCUT2D eigenvalue weighted by molar-refractivity contribution is -0.128. The first kappa shape index (κ1) is 14.2. The van der Waals surface area contributed by atoms with Crippen molar-refractivity contribution in [2.45, 2.75) is 39.3 Å². The van der Waals surface area contributed by atoms with Crippen LogP contribution in [0.15, 0.2) is 24.3 Å². The van der Waals surface area contributed by atoms with E-state index in [0.29, 0.717) is 17.6 Å². The van der Waals surface area contributed by atoms with Crippen LogP contribution in [-0.4, -0.2) is 23.8 Å². The highest BCUT2D eigenvalue weighted by molar-refractivity contribution is 5.82. The summed E-state index contributed by atoms with van der Waals surface area (Å²) < 4.78 is 5.50. The summed E-state index contributed by atoms with van der Waals surface area (Å²) >= 11 is 0. The first-order chi connectivity index (χ1) is 8.33. The molecule has 4 heteroatoms. The molecule has 4 nitrogen and oxygen atoms in total. The van der Waals surface area contributed by atoms with E-state index < -0.39 is 6.10 Å². The summed E-state index contributed by atoms with van der Waals surface area (Å²) in [6.07, 6.45) is 0.0642. The minimum atomic E-state index is -0.648. The number of hydrogen-bond donors (Lipinski definition) is 1. The van der Waals surface area contributed by atoms with Crippen LogP contribution in [0, 0.1) is 0 Å². The topological polar surface area (TPSA) is 55.4 Å². The van der Waals surface area contributed by atoms with Gasteiger partial charge in [0.2, 0.25) is 0 Å². The zero-order valence-electron chi connectivity index (χ0n) is 11.2. The molecular weight excluding hydrogens is 230 g/mol. The van der Waals surface area contributed by atoms with E-state index in [1.165, 1.54) is 0 Å². The summed E-state index contributed by atoms with van der Waals surface area (Å²) in [5.41, 5.74) is 0.131. The third kappa shape index (κ3) is 4.20. The number of amides is 1. The van der Waals surface area contributed by atoms with Crippen LogP contribution in [0.5, 0.6) is 5.75 Å². The van der Waals surface area contributed by atoms with Gasteiger partial charge in [0.25, 0.3) is 5.91 Å². The van der Waals surface area contributed by atoms with Crippen LogP contribution in [0.2, 0.25) is 0 Å². The Kier molecular flexibility index (Phi) is 4.48. The van der Waals surface area contributed by atoms with E-state index in [1.54, 1.807) is 31.2 Å². The second-order valence-electron chi connectivity index (χ2n) is 5.16. The van der Waals surface area contributed by atoms with Crippen molar-refractivity contribution in [3.8, 4) is 5.75 Å². The van der Waals surface area contributed by atoms with Crippen molar-refractivity contribution >= 4 is 12.2 Å². The Balaban J connectivity index is 2.72. The van der Waals surface area contributed by atoms with E-state index in [9.17, 15) is 9.59 Å². The summed E-state index contributed by atoms with van der Waals surface area (Å²) in [7, 11) is 0. The summed E-state index contributed by atoms with van der Waals surface area (Å²) in [5.74, 6) is 0.215. The van der Waals surface area contributed by atoms with E-state index in [-0.39, 0.29) is 11.4 Å². The van der Waals surface area contributed by atoms with Crippen molar-refractivity contribution in [2.24, 2.45) is 0 Å². The number of rotatable bonds is 4. The SMILES string of the molecule is CC(Oc1ccccc1C=O)C(=O)NC(C)(C)C. The fraction of sp³-hybridized carbons (Fsp3) is 0.429. The standard InChI is InChI=1S/C14H19NO3/c1-10(13(17)15-14(2,3)4)18-12-8-6-5-7-11(12)9-16/h5-10H,1-4H3,(H,15,17). The molecular formula is C14H19NO3. The van der Waals surface area contributed by atoms with Crippen LogP contribution >= 0.6 is 0 Å². The van der Waals surface area contributed by atoms with Crippen molar-refractivity contribution in [2.75, 3.05) is 0 Å². The van der Waals surface area contributed by atoms with Crippen molar-refractivity contribution in [3.63, 3.8) is 0 Å². The van der Waals surface area contributed by atoms with Crippen LogP contribution in [0.25, 0.3) is 0 Å². The van der Waals surface area contributed by atoms with Crippen molar-refractivity contribution in [1.82, 2.24) is 5.32 Å². The van der Waals surface area contributed by atoms with Gasteiger partial charge < -0.3 is 10.1 Å². The van der Waals surface area contributed by atoms with Gasteiger partial charge in [-0.3, -0.25) is 9.59 Å². The smallest absolute Gasteiger partial charge is 0.261 e. The largest absolute Gasteiger partial charge is 0.480 e. The molecule has 1 amide bonds.